The zero-order valence-electron chi connectivity index (χ0n) is 17.5. The van der Waals surface area contributed by atoms with E-state index in [1.807, 2.05) is 30.3 Å². The normalized spacial score (nSPS) is 21.7. The highest BCUT2D eigenvalue weighted by molar-refractivity contribution is 5.82. The summed E-state index contributed by atoms with van der Waals surface area (Å²) in [6, 6.07) is 14.2. The molecule has 164 valence electrons. The second-order valence-electron chi connectivity index (χ2n) is 8.27. The predicted octanol–water partition coefficient (Wildman–Crippen LogP) is 2.55. The molecule has 0 aliphatic carbocycles. The number of rotatable bonds is 6. The number of nitro benzene ring substituents is 1. The van der Waals surface area contributed by atoms with Crippen LogP contribution in [0.15, 0.2) is 48.5 Å². The SMILES string of the molecule is CN(C(=O)C1CCc2cc([N+](=O)[O-])ccc2O1)C(CN1CCC(O)C1)c1ccccc1. The van der Waals surface area contributed by atoms with Gasteiger partial charge in [-0.05, 0) is 30.9 Å². The van der Waals surface area contributed by atoms with E-state index in [4.69, 9.17) is 4.74 Å². The van der Waals surface area contributed by atoms with E-state index in [1.165, 1.54) is 12.1 Å². The average molecular weight is 425 g/mol. The minimum atomic E-state index is -0.630. The number of β-amino-alcohol motifs (C(OH)–C–C–N with tert-alkyl or cyclic N) is 1. The van der Waals surface area contributed by atoms with Crippen LogP contribution in [0, 0.1) is 10.1 Å². The van der Waals surface area contributed by atoms with Crippen molar-refractivity contribution in [2.24, 2.45) is 0 Å². The Morgan fingerprint density at radius 2 is 2.06 bits per heavy atom. The van der Waals surface area contributed by atoms with Crippen LogP contribution in [0.25, 0.3) is 0 Å². The molecule has 2 aromatic rings. The van der Waals surface area contributed by atoms with Crippen LogP contribution in [0.2, 0.25) is 0 Å². The largest absolute Gasteiger partial charge is 0.480 e. The van der Waals surface area contributed by atoms with Crippen molar-refractivity contribution in [1.29, 1.82) is 0 Å². The van der Waals surface area contributed by atoms with E-state index >= 15 is 0 Å². The number of non-ortho nitro benzene ring substituents is 1. The molecule has 0 aromatic heterocycles. The maximum Gasteiger partial charge on any atom is 0.269 e. The van der Waals surface area contributed by atoms with Crippen molar-refractivity contribution in [3.05, 3.63) is 69.8 Å². The van der Waals surface area contributed by atoms with Crippen LogP contribution in [0.3, 0.4) is 0 Å². The summed E-state index contributed by atoms with van der Waals surface area (Å²) >= 11 is 0. The van der Waals surface area contributed by atoms with Crippen molar-refractivity contribution in [1.82, 2.24) is 9.80 Å². The van der Waals surface area contributed by atoms with Gasteiger partial charge in [0.1, 0.15) is 5.75 Å². The maximum absolute atomic E-state index is 13.4. The number of fused-ring (bicyclic) bond motifs is 1. The van der Waals surface area contributed by atoms with Gasteiger partial charge < -0.3 is 14.7 Å². The van der Waals surface area contributed by atoms with E-state index in [9.17, 15) is 20.0 Å². The van der Waals surface area contributed by atoms with Crippen LogP contribution in [-0.2, 0) is 11.2 Å². The lowest BCUT2D eigenvalue weighted by molar-refractivity contribution is -0.385. The summed E-state index contributed by atoms with van der Waals surface area (Å²) in [5, 5.41) is 20.9. The molecule has 2 aliphatic rings. The van der Waals surface area contributed by atoms with E-state index in [0.717, 1.165) is 24.1 Å². The number of likely N-dealkylation sites (N-methyl/N-ethyl adjacent to an activating group) is 1. The molecule has 31 heavy (non-hydrogen) atoms. The van der Waals surface area contributed by atoms with Crippen molar-refractivity contribution in [3.8, 4) is 5.75 Å². The Morgan fingerprint density at radius 1 is 1.29 bits per heavy atom. The topological polar surface area (TPSA) is 96.2 Å². The molecule has 8 heteroatoms. The molecule has 1 fully saturated rings. The molecule has 4 rings (SSSR count). The van der Waals surface area contributed by atoms with Crippen LogP contribution < -0.4 is 4.74 Å². The van der Waals surface area contributed by atoms with Crippen molar-refractivity contribution < 1.29 is 19.6 Å². The summed E-state index contributed by atoms with van der Waals surface area (Å²) < 4.78 is 5.96. The lowest BCUT2D eigenvalue weighted by Gasteiger charge is -2.35. The molecule has 2 aliphatic heterocycles. The molecule has 1 N–H and O–H groups in total. The predicted molar refractivity (Wildman–Crippen MR) is 115 cm³/mol. The molecule has 8 nitrogen and oxygen atoms in total. The number of amides is 1. The zero-order valence-corrected chi connectivity index (χ0v) is 17.5. The minimum absolute atomic E-state index is 0.0289. The summed E-state index contributed by atoms with van der Waals surface area (Å²) in [7, 11) is 1.79. The number of aliphatic hydroxyl groups excluding tert-OH is 1. The highest BCUT2D eigenvalue weighted by Gasteiger charge is 2.34. The molecule has 0 saturated carbocycles. The first-order valence-electron chi connectivity index (χ1n) is 10.6. The van der Waals surface area contributed by atoms with Gasteiger partial charge in [-0.3, -0.25) is 19.8 Å². The highest BCUT2D eigenvalue weighted by atomic mass is 16.6. The third-order valence-electron chi connectivity index (χ3n) is 6.15. The van der Waals surface area contributed by atoms with Crippen LogP contribution in [-0.4, -0.2) is 64.6 Å². The van der Waals surface area contributed by atoms with Crippen LogP contribution in [0.1, 0.15) is 30.0 Å². The number of carbonyl (C=O) groups excluding carboxylic acids is 1. The van der Waals surface area contributed by atoms with Crippen molar-refractivity contribution >= 4 is 11.6 Å². The Morgan fingerprint density at radius 3 is 2.74 bits per heavy atom. The number of benzene rings is 2. The van der Waals surface area contributed by atoms with Crippen molar-refractivity contribution in [2.75, 3.05) is 26.7 Å². The lowest BCUT2D eigenvalue weighted by atomic mass is 9.99. The van der Waals surface area contributed by atoms with Gasteiger partial charge in [0, 0.05) is 44.4 Å². The summed E-state index contributed by atoms with van der Waals surface area (Å²) in [5.74, 6) is 0.417. The number of aryl methyl sites for hydroxylation is 1. The number of likely N-dealkylation sites (tertiary alicyclic amines) is 1. The first-order chi connectivity index (χ1) is 14.9. The fourth-order valence-electron chi connectivity index (χ4n) is 4.39. The Hall–Kier alpha value is -2.97. The van der Waals surface area contributed by atoms with Gasteiger partial charge in [0.2, 0.25) is 0 Å². The monoisotopic (exact) mass is 425 g/mol. The standard InChI is InChI=1S/C23H27N3O5/c1-24(20(16-5-3-2-4-6-16)15-25-12-11-19(27)14-25)23(28)22-9-7-17-13-18(26(29)30)8-10-21(17)31-22/h2-6,8,10,13,19-20,22,27H,7,9,11-12,14-15H2,1H3. The summed E-state index contributed by atoms with van der Waals surface area (Å²) in [6.07, 6.45) is 0.819. The Bertz CT molecular complexity index is 951. The van der Waals surface area contributed by atoms with E-state index in [1.54, 1.807) is 18.0 Å². The molecule has 0 bridgehead atoms. The third kappa shape index (κ3) is 4.70. The number of carbonyl (C=O) groups is 1. The lowest BCUT2D eigenvalue weighted by Crippen LogP contribution is -2.46. The van der Waals surface area contributed by atoms with Gasteiger partial charge in [0.05, 0.1) is 17.1 Å². The fourth-order valence-corrected chi connectivity index (χ4v) is 4.39. The number of ether oxygens (including phenoxy) is 1. The van der Waals surface area contributed by atoms with E-state index in [-0.39, 0.29) is 23.7 Å². The van der Waals surface area contributed by atoms with Crippen LogP contribution >= 0.6 is 0 Å². The Labute approximate surface area is 181 Å². The molecule has 3 unspecified atom stereocenters. The quantitative estimate of drug-likeness (QED) is 0.564. The first-order valence-corrected chi connectivity index (χ1v) is 10.6. The fraction of sp³-hybridized carbons (Fsp3) is 0.435. The summed E-state index contributed by atoms with van der Waals surface area (Å²) in [6.45, 7) is 2.05. The molecule has 0 radical (unpaired) electrons. The van der Waals surface area contributed by atoms with Gasteiger partial charge in [-0.25, -0.2) is 0 Å². The smallest absolute Gasteiger partial charge is 0.269 e. The van der Waals surface area contributed by atoms with Crippen molar-refractivity contribution in [2.45, 2.75) is 37.5 Å². The molecule has 1 saturated heterocycles. The van der Waals surface area contributed by atoms with Gasteiger partial charge in [0.25, 0.3) is 11.6 Å². The summed E-state index contributed by atoms with van der Waals surface area (Å²) in [4.78, 5) is 27.9. The highest BCUT2D eigenvalue weighted by Crippen LogP contribution is 2.32. The number of nitrogens with zero attached hydrogens (tertiary/aromatic N) is 3. The third-order valence-corrected chi connectivity index (χ3v) is 6.15. The van der Waals surface area contributed by atoms with Gasteiger partial charge in [-0.1, -0.05) is 30.3 Å². The van der Waals surface area contributed by atoms with E-state index in [0.29, 0.717) is 31.7 Å². The molecular formula is C23H27N3O5. The zero-order chi connectivity index (χ0) is 22.0. The number of hydrogen-bond acceptors (Lipinski definition) is 6. The number of hydrogen-bond donors (Lipinski definition) is 1. The van der Waals surface area contributed by atoms with Gasteiger partial charge >= 0.3 is 0 Å². The molecule has 2 aromatic carbocycles. The van der Waals surface area contributed by atoms with Crippen LogP contribution in [0.5, 0.6) is 5.75 Å². The van der Waals surface area contributed by atoms with E-state index < -0.39 is 11.0 Å². The van der Waals surface area contributed by atoms with Crippen molar-refractivity contribution in [3.63, 3.8) is 0 Å². The Kier molecular flexibility index (Phi) is 6.20. The molecule has 0 spiro atoms. The van der Waals surface area contributed by atoms with Gasteiger partial charge in [0.15, 0.2) is 6.10 Å². The van der Waals surface area contributed by atoms with Gasteiger partial charge in [-0.15, -0.1) is 0 Å². The number of aliphatic hydroxyl groups is 1. The molecule has 2 heterocycles. The summed E-state index contributed by atoms with van der Waals surface area (Å²) in [5.41, 5.74) is 1.82. The van der Waals surface area contributed by atoms with E-state index in [2.05, 4.69) is 4.90 Å². The second kappa shape index (κ2) is 9.03. The molecular weight excluding hydrogens is 398 g/mol. The molecule has 1 amide bonds. The first kappa shape index (κ1) is 21.3. The maximum atomic E-state index is 13.4. The Balaban J connectivity index is 1.50. The molecule has 3 atom stereocenters. The average Bonchev–Trinajstić information content (AvgIpc) is 3.21. The van der Waals surface area contributed by atoms with Gasteiger partial charge in [-0.2, -0.15) is 0 Å². The van der Waals surface area contributed by atoms with Crippen LogP contribution in [0.4, 0.5) is 5.69 Å². The number of nitro groups is 1. The minimum Gasteiger partial charge on any atom is -0.480 e. The second-order valence-corrected chi connectivity index (χ2v) is 8.27.